The fourth-order valence-electron chi connectivity index (χ4n) is 3.35. The molecule has 8 heteroatoms. The number of aromatic nitrogens is 1. The Hall–Kier alpha value is -1.13. The number of hydrogen-bond donors (Lipinski definition) is 2. The molecule has 0 spiro atoms. The quantitative estimate of drug-likeness (QED) is 0.301. The lowest BCUT2D eigenvalue weighted by Crippen LogP contribution is -2.39. The Morgan fingerprint density at radius 3 is 2.79 bits per heavy atom. The van der Waals surface area contributed by atoms with Gasteiger partial charge in [-0.15, -0.1) is 35.3 Å². The average molecular weight is 517 g/mol. The summed E-state index contributed by atoms with van der Waals surface area (Å²) in [4.78, 5) is 13.2. The Morgan fingerprint density at radius 1 is 1.32 bits per heavy atom. The second kappa shape index (κ2) is 12.4. The molecule has 2 aromatic heterocycles. The first kappa shape index (κ1) is 23.2. The average Bonchev–Trinajstić information content (AvgIpc) is 3.44. The molecular weight excluding hydrogens is 485 g/mol. The van der Waals surface area contributed by atoms with Gasteiger partial charge in [0.1, 0.15) is 5.76 Å². The number of thiazole rings is 1. The molecule has 3 heterocycles. The number of rotatable bonds is 9. The van der Waals surface area contributed by atoms with Crippen molar-refractivity contribution in [3.8, 4) is 0 Å². The molecule has 3 rings (SSSR count). The second-order valence-electron chi connectivity index (χ2n) is 6.74. The van der Waals surface area contributed by atoms with Crippen LogP contribution in [0.25, 0.3) is 0 Å². The third-order valence-electron chi connectivity index (χ3n) is 4.80. The summed E-state index contributed by atoms with van der Waals surface area (Å²) in [6.45, 7) is 8.87. The normalized spacial score (nSPS) is 16.0. The number of guanidine groups is 1. The number of furan rings is 1. The molecule has 0 bridgehead atoms. The van der Waals surface area contributed by atoms with Crippen LogP contribution in [0.15, 0.2) is 34.0 Å². The Morgan fingerprint density at radius 2 is 2.14 bits per heavy atom. The van der Waals surface area contributed by atoms with E-state index in [0.29, 0.717) is 6.54 Å². The van der Waals surface area contributed by atoms with Crippen LogP contribution in [0, 0.1) is 0 Å². The summed E-state index contributed by atoms with van der Waals surface area (Å²) in [6, 6.07) is 4.24. The monoisotopic (exact) mass is 517 g/mol. The molecular formula is C20H32IN5OS. The molecule has 2 aromatic rings. The van der Waals surface area contributed by atoms with Gasteiger partial charge in [0.25, 0.3) is 0 Å². The van der Waals surface area contributed by atoms with E-state index in [0.717, 1.165) is 50.7 Å². The lowest BCUT2D eigenvalue weighted by Gasteiger charge is -2.24. The first-order chi connectivity index (χ1) is 13.3. The number of aliphatic imine (C=N–C) groups is 1. The van der Waals surface area contributed by atoms with Crippen molar-refractivity contribution in [2.24, 2.45) is 4.99 Å². The summed E-state index contributed by atoms with van der Waals surface area (Å²) in [5.74, 6) is 1.87. The van der Waals surface area contributed by atoms with Gasteiger partial charge in [0.15, 0.2) is 5.96 Å². The van der Waals surface area contributed by atoms with Crippen molar-refractivity contribution in [3.63, 3.8) is 0 Å². The van der Waals surface area contributed by atoms with Gasteiger partial charge in [-0.2, -0.15) is 0 Å². The van der Waals surface area contributed by atoms with E-state index in [1.54, 1.807) is 17.6 Å². The van der Waals surface area contributed by atoms with E-state index >= 15 is 0 Å². The summed E-state index contributed by atoms with van der Waals surface area (Å²) in [5.41, 5.74) is 0. The lowest BCUT2D eigenvalue weighted by atomic mass is 10.2. The zero-order valence-electron chi connectivity index (χ0n) is 16.8. The third kappa shape index (κ3) is 6.73. The number of nitrogens with one attached hydrogen (secondary N) is 2. The van der Waals surface area contributed by atoms with Gasteiger partial charge >= 0.3 is 0 Å². The van der Waals surface area contributed by atoms with Gasteiger partial charge in [-0.1, -0.05) is 6.92 Å². The van der Waals surface area contributed by atoms with Gasteiger partial charge in [0, 0.05) is 30.6 Å². The van der Waals surface area contributed by atoms with Crippen molar-refractivity contribution in [1.29, 1.82) is 0 Å². The van der Waals surface area contributed by atoms with Crippen LogP contribution in [-0.2, 0) is 12.8 Å². The highest BCUT2D eigenvalue weighted by Gasteiger charge is 2.25. The fourth-order valence-corrected chi connectivity index (χ4v) is 4.22. The zero-order valence-corrected chi connectivity index (χ0v) is 20.0. The van der Waals surface area contributed by atoms with Crippen LogP contribution in [0.3, 0.4) is 0 Å². The Labute approximate surface area is 189 Å². The molecule has 1 fully saturated rings. The Balaban J connectivity index is 0.00000280. The molecule has 6 nitrogen and oxygen atoms in total. The molecule has 1 aliphatic heterocycles. The molecule has 1 unspecified atom stereocenters. The van der Waals surface area contributed by atoms with Crippen LogP contribution in [0.4, 0.5) is 0 Å². The molecule has 2 N–H and O–H groups in total. The minimum atomic E-state index is 0. The first-order valence-electron chi connectivity index (χ1n) is 10.0. The van der Waals surface area contributed by atoms with Crippen molar-refractivity contribution >= 4 is 41.3 Å². The Bertz CT molecular complexity index is 697. The maximum atomic E-state index is 5.69. The molecule has 0 saturated carbocycles. The number of halogens is 1. The van der Waals surface area contributed by atoms with Gasteiger partial charge in [-0.25, -0.2) is 4.98 Å². The van der Waals surface area contributed by atoms with Gasteiger partial charge < -0.3 is 15.1 Å². The topological polar surface area (TPSA) is 65.7 Å². The van der Waals surface area contributed by atoms with E-state index in [1.807, 2.05) is 12.3 Å². The third-order valence-corrected chi connectivity index (χ3v) is 6.00. The minimum absolute atomic E-state index is 0. The van der Waals surface area contributed by atoms with Crippen LogP contribution in [0.2, 0.25) is 0 Å². The smallest absolute Gasteiger partial charge is 0.191 e. The summed E-state index contributed by atoms with van der Waals surface area (Å²) in [6.07, 6.45) is 8.23. The summed E-state index contributed by atoms with van der Waals surface area (Å²) < 4.78 is 5.69. The molecule has 156 valence electrons. The number of aryl methyl sites for hydroxylation is 1. The van der Waals surface area contributed by atoms with Crippen LogP contribution in [0.5, 0.6) is 0 Å². The predicted octanol–water partition coefficient (Wildman–Crippen LogP) is 3.85. The summed E-state index contributed by atoms with van der Waals surface area (Å²) in [5, 5.41) is 7.97. The largest absolute Gasteiger partial charge is 0.468 e. The van der Waals surface area contributed by atoms with Crippen molar-refractivity contribution in [2.45, 2.75) is 45.6 Å². The van der Waals surface area contributed by atoms with Crippen molar-refractivity contribution < 1.29 is 4.42 Å². The van der Waals surface area contributed by atoms with Crippen molar-refractivity contribution in [2.75, 3.05) is 32.7 Å². The van der Waals surface area contributed by atoms with Crippen LogP contribution in [0.1, 0.15) is 48.4 Å². The zero-order chi connectivity index (χ0) is 18.9. The van der Waals surface area contributed by atoms with Gasteiger partial charge in [0.2, 0.25) is 0 Å². The van der Waals surface area contributed by atoms with E-state index in [1.165, 1.54) is 22.7 Å². The fraction of sp³-hybridized carbons (Fsp3) is 0.600. The molecule has 1 aliphatic rings. The number of likely N-dealkylation sites (tertiary alicyclic amines) is 1. The van der Waals surface area contributed by atoms with E-state index in [2.05, 4.69) is 40.4 Å². The van der Waals surface area contributed by atoms with Gasteiger partial charge in [-0.05, 0) is 51.4 Å². The van der Waals surface area contributed by atoms with Crippen LogP contribution in [-0.4, -0.2) is 48.6 Å². The summed E-state index contributed by atoms with van der Waals surface area (Å²) >= 11 is 1.80. The van der Waals surface area contributed by atoms with E-state index in [4.69, 9.17) is 9.41 Å². The Kier molecular flexibility index (Phi) is 10.3. The maximum absolute atomic E-state index is 5.69. The number of nitrogens with zero attached hydrogens (tertiary/aromatic N) is 3. The highest BCUT2D eigenvalue weighted by molar-refractivity contribution is 14.0. The molecule has 0 aliphatic carbocycles. The lowest BCUT2D eigenvalue weighted by molar-refractivity contribution is 0.221. The molecule has 0 aromatic carbocycles. The number of hydrogen-bond acceptors (Lipinski definition) is 5. The molecule has 1 atom stereocenters. The van der Waals surface area contributed by atoms with Crippen LogP contribution >= 0.6 is 35.3 Å². The van der Waals surface area contributed by atoms with E-state index in [9.17, 15) is 0 Å². The first-order valence-corrected chi connectivity index (χ1v) is 10.8. The highest BCUT2D eigenvalue weighted by atomic mass is 127. The van der Waals surface area contributed by atoms with Gasteiger partial charge in [-0.3, -0.25) is 9.89 Å². The molecule has 1 saturated heterocycles. The second-order valence-corrected chi connectivity index (χ2v) is 7.94. The molecule has 28 heavy (non-hydrogen) atoms. The van der Waals surface area contributed by atoms with Crippen molar-refractivity contribution in [3.05, 3.63) is 40.2 Å². The van der Waals surface area contributed by atoms with E-state index < -0.39 is 0 Å². The summed E-state index contributed by atoms with van der Waals surface area (Å²) in [7, 11) is 0. The molecule has 0 radical (unpaired) electrons. The molecule has 0 amide bonds. The SMILES string of the molecule is CCNC(=NCC(c1ccco1)N1CCCC1)NCCc1ncc(CC)s1.I. The minimum Gasteiger partial charge on any atom is -0.468 e. The predicted molar refractivity (Wildman–Crippen MR) is 127 cm³/mol. The van der Waals surface area contributed by atoms with Gasteiger partial charge in [0.05, 0.1) is 23.9 Å². The van der Waals surface area contributed by atoms with Crippen LogP contribution < -0.4 is 10.6 Å². The highest BCUT2D eigenvalue weighted by Crippen LogP contribution is 2.25. The van der Waals surface area contributed by atoms with E-state index in [-0.39, 0.29) is 30.0 Å². The standard InChI is InChI=1S/C20H31N5OS.HI/c1-3-16-14-23-19(27-16)9-10-22-20(21-4-2)24-15-17(18-8-7-13-26-18)25-11-5-6-12-25;/h7-8,13-14,17H,3-6,9-12,15H2,1-2H3,(H2,21,22,24);1H. The maximum Gasteiger partial charge on any atom is 0.191 e. The van der Waals surface area contributed by atoms with Crippen molar-refractivity contribution in [1.82, 2.24) is 20.5 Å².